The van der Waals surface area contributed by atoms with E-state index in [2.05, 4.69) is 32.9 Å². The summed E-state index contributed by atoms with van der Waals surface area (Å²) < 4.78 is 16.7. The monoisotopic (exact) mass is 791 g/mol. The molecule has 0 aliphatic rings. The zero-order valence-electron chi connectivity index (χ0n) is 37.7. The fraction of sp³-hybridized carbons (Fsp3) is 0.900. The number of ether oxygens (including phenoxy) is 3. The lowest BCUT2D eigenvalue weighted by atomic mass is 10.0. The van der Waals surface area contributed by atoms with Crippen LogP contribution in [0.4, 0.5) is 0 Å². The number of carbonyl (C=O) groups excluding carboxylic acids is 3. The van der Waals surface area contributed by atoms with Gasteiger partial charge in [-0.3, -0.25) is 14.4 Å². The van der Waals surface area contributed by atoms with Gasteiger partial charge in [0.25, 0.3) is 0 Å². The fourth-order valence-electron chi connectivity index (χ4n) is 7.26. The van der Waals surface area contributed by atoms with E-state index in [-0.39, 0.29) is 31.1 Å². The molecule has 0 saturated carbocycles. The summed E-state index contributed by atoms with van der Waals surface area (Å²) in [7, 11) is 0. The summed E-state index contributed by atoms with van der Waals surface area (Å²) in [6.45, 7) is 6.62. The topological polar surface area (TPSA) is 78.9 Å². The Bertz CT molecular complexity index is 870. The van der Waals surface area contributed by atoms with Crippen molar-refractivity contribution >= 4 is 17.9 Å². The third-order valence-corrected chi connectivity index (χ3v) is 11.0. The Labute approximate surface area is 348 Å². The Balaban J connectivity index is 4.30. The quantitative estimate of drug-likeness (QED) is 0.0264. The van der Waals surface area contributed by atoms with Gasteiger partial charge in [-0.25, -0.2) is 0 Å². The molecule has 1 atom stereocenters. The fourth-order valence-corrected chi connectivity index (χ4v) is 7.26. The summed E-state index contributed by atoms with van der Waals surface area (Å²) >= 11 is 0. The van der Waals surface area contributed by atoms with Gasteiger partial charge < -0.3 is 14.2 Å². The van der Waals surface area contributed by atoms with Gasteiger partial charge in [0, 0.05) is 19.3 Å². The lowest BCUT2D eigenvalue weighted by molar-refractivity contribution is -0.167. The standard InChI is InChI=1S/C50H94O6/c1-4-7-10-13-16-19-21-23-24-25-27-28-31-34-37-40-43-49(52)55-46-47(45-54-48(51)42-39-36-33-30-18-15-12-9-6-3)56-50(53)44-41-38-35-32-29-26-22-20-17-14-11-8-5-2/h26,29,47H,4-25,27-28,30-46H2,1-3H3/b29-26-. The average Bonchev–Trinajstić information content (AvgIpc) is 3.19. The third kappa shape index (κ3) is 43.3. The zero-order chi connectivity index (χ0) is 40.8. The molecule has 0 N–H and O–H groups in total. The first kappa shape index (κ1) is 54.2. The molecular formula is C50H94O6. The summed E-state index contributed by atoms with van der Waals surface area (Å²) in [4.78, 5) is 37.8. The predicted molar refractivity (Wildman–Crippen MR) is 238 cm³/mol. The number of carbonyl (C=O) groups is 3. The van der Waals surface area contributed by atoms with Crippen LogP contribution >= 0.6 is 0 Å². The van der Waals surface area contributed by atoms with Crippen LogP contribution in [0.2, 0.25) is 0 Å². The van der Waals surface area contributed by atoms with Crippen LogP contribution in [0.3, 0.4) is 0 Å². The van der Waals surface area contributed by atoms with E-state index < -0.39 is 6.10 Å². The molecule has 0 radical (unpaired) electrons. The highest BCUT2D eigenvalue weighted by molar-refractivity contribution is 5.71. The molecule has 0 fully saturated rings. The second kappa shape index (κ2) is 45.8. The van der Waals surface area contributed by atoms with Crippen LogP contribution in [0.25, 0.3) is 0 Å². The molecular weight excluding hydrogens is 697 g/mol. The maximum absolute atomic E-state index is 12.7. The molecule has 56 heavy (non-hydrogen) atoms. The van der Waals surface area contributed by atoms with Crippen LogP contribution in [0.1, 0.15) is 271 Å². The first-order valence-electron chi connectivity index (χ1n) is 24.7. The van der Waals surface area contributed by atoms with Gasteiger partial charge in [0.1, 0.15) is 13.2 Å². The molecule has 0 spiro atoms. The highest BCUT2D eigenvalue weighted by Crippen LogP contribution is 2.16. The molecule has 1 unspecified atom stereocenters. The Morgan fingerprint density at radius 1 is 0.339 bits per heavy atom. The van der Waals surface area contributed by atoms with Crippen LogP contribution < -0.4 is 0 Å². The molecule has 0 bridgehead atoms. The highest BCUT2D eigenvalue weighted by Gasteiger charge is 2.19. The number of unbranched alkanes of at least 4 members (excludes halogenated alkanes) is 32. The molecule has 330 valence electrons. The van der Waals surface area contributed by atoms with Crippen molar-refractivity contribution in [2.24, 2.45) is 0 Å². The van der Waals surface area contributed by atoms with Crippen LogP contribution in [0.5, 0.6) is 0 Å². The Kier molecular flexibility index (Phi) is 44.3. The van der Waals surface area contributed by atoms with Crippen LogP contribution in [0, 0.1) is 0 Å². The Morgan fingerprint density at radius 2 is 0.589 bits per heavy atom. The molecule has 6 nitrogen and oxygen atoms in total. The summed E-state index contributed by atoms with van der Waals surface area (Å²) in [5.41, 5.74) is 0. The molecule has 0 aromatic rings. The lowest BCUT2D eigenvalue weighted by Gasteiger charge is -2.18. The van der Waals surface area contributed by atoms with Crippen molar-refractivity contribution in [3.63, 3.8) is 0 Å². The van der Waals surface area contributed by atoms with Crippen molar-refractivity contribution in [2.45, 2.75) is 277 Å². The lowest BCUT2D eigenvalue weighted by Crippen LogP contribution is -2.30. The first-order chi connectivity index (χ1) is 27.5. The number of rotatable bonds is 45. The molecule has 0 rings (SSSR count). The predicted octanol–water partition coefficient (Wildman–Crippen LogP) is 15.8. The Hall–Kier alpha value is -1.85. The van der Waals surface area contributed by atoms with Crippen molar-refractivity contribution in [1.29, 1.82) is 0 Å². The smallest absolute Gasteiger partial charge is 0.306 e. The van der Waals surface area contributed by atoms with E-state index in [4.69, 9.17) is 14.2 Å². The second-order valence-corrected chi connectivity index (χ2v) is 16.7. The molecule has 0 aromatic carbocycles. The Morgan fingerprint density at radius 3 is 0.911 bits per heavy atom. The molecule has 0 saturated heterocycles. The van der Waals surface area contributed by atoms with Crippen molar-refractivity contribution in [3.05, 3.63) is 12.2 Å². The van der Waals surface area contributed by atoms with Crippen LogP contribution in [-0.2, 0) is 28.6 Å². The minimum Gasteiger partial charge on any atom is -0.462 e. The van der Waals surface area contributed by atoms with Crippen molar-refractivity contribution in [1.82, 2.24) is 0 Å². The van der Waals surface area contributed by atoms with E-state index in [0.29, 0.717) is 19.3 Å². The van der Waals surface area contributed by atoms with E-state index in [9.17, 15) is 14.4 Å². The van der Waals surface area contributed by atoms with Gasteiger partial charge in [0.05, 0.1) is 0 Å². The van der Waals surface area contributed by atoms with Crippen molar-refractivity contribution < 1.29 is 28.6 Å². The van der Waals surface area contributed by atoms with E-state index in [1.165, 1.54) is 161 Å². The van der Waals surface area contributed by atoms with Gasteiger partial charge in [0.15, 0.2) is 6.10 Å². The van der Waals surface area contributed by atoms with Crippen molar-refractivity contribution in [3.8, 4) is 0 Å². The molecule has 0 amide bonds. The number of esters is 3. The summed E-state index contributed by atoms with van der Waals surface area (Å²) in [6, 6.07) is 0. The maximum atomic E-state index is 12.7. The van der Waals surface area contributed by atoms with Gasteiger partial charge in [-0.05, 0) is 44.9 Å². The summed E-state index contributed by atoms with van der Waals surface area (Å²) in [6.07, 6.45) is 49.1. The zero-order valence-corrected chi connectivity index (χ0v) is 37.7. The third-order valence-electron chi connectivity index (χ3n) is 11.0. The molecule has 0 aromatic heterocycles. The normalized spacial score (nSPS) is 12.0. The van der Waals surface area contributed by atoms with Gasteiger partial charge in [0.2, 0.25) is 0 Å². The number of hydrogen-bond donors (Lipinski definition) is 0. The summed E-state index contributed by atoms with van der Waals surface area (Å²) in [5.74, 6) is -0.877. The highest BCUT2D eigenvalue weighted by atomic mass is 16.6. The van der Waals surface area contributed by atoms with E-state index in [1.54, 1.807) is 0 Å². The second-order valence-electron chi connectivity index (χ2n) is 16.7. The molecule has 0 aliphatic heterocycles. The first-order valence-corrected chi connectivity index (χ1v) is 24.7. The molecule has 0 aliphatic carbocycles. The van der Waals surface area contributed by atoms with Crippen LogP contribution in [-0.4, -0.2) is 37.2 Å². The number of hydrogen-bond acceptors (Lipinski definition) is 6. The van der Waals surface area contributed by atoms with Gasteiger partial charge in [-0.15, -0.1) is 0 Å². The SMILES string of the molecule is CCCCCCCC/C=C\CCCCCC(=O)OC(COC(=O)CCCCCCCCCCC)COC(=O)CCCCCCCCCCCCCCCCCC. The minimum atomic E-state index is -0.769. The van der Waals surface area contributed by atoms with E-state index in [1.807, 2.05) is 0 Å². The van der Waals surface area contributed by atoms with E-state index in [0.717, 1.165) is 70.6 Å². The number of allylic oxidation sites excluding steroid dienone is 2. The van der Waals surface area contributed by atoms with Gasteiger partial charge in [-0.2, -0.15) is 0 Å². The summed E-state index contributed by atoms with van der Waals surface area (Å²) in [5, 5.41) is 0. The average molecular weight is 791 g/mol. The van der Waals surface area contributed by atoms with Gasteiger partial charge >= 0.3 is 17.9 Å². The van der Waals surface area contributed by atoms with E-state index >= 15 is 0 Å². The largest absolute Gasteiger partial charge is 0.462 e. The van der Waals surface area contributed by atoms with Crippen LogP contribution in [0.15, 0.2) is 12.2 Å². The maximum Gasteiger partial charge on any atom is 0.306 e. The molecule has 0 heterocycles. The van der Waals surface area contributed by atoms with Gasteiger partial charge in [-0.1, -0.05) is 219 Å². The minimum absolute atomic E-state index is 0.0713. The van der Waals surface area contributed by atoms with Crippen molar-refractivity contribution in [2.75, 3.05) is 13.2 Å². The molecule has 6 heteroatoms.